The quantitative estimate of drug-likeness (QED) is 0.772. The van der Waals surface area contributed by atoms with Crippen LogP contribution in [-0.2, 0) is 4.74 Å². The lowest BCUT2D eigenvalue weighted by atomic mass is 9.87. The molecule has 16 heavy (non-hydrogen) atoms. The lowest BCUT2D eigenvalue weighted by Crippen LogP contribution is -2.38. The minimum atomic E-state index is 0.320. The number of likely N-dealkylation sites (N-methyl/N-ethyl adjacent to an activating group) is 1. The van der Waals surface area contributed by atoms with E-state index < -0.39 is 0 Å². The number of nitrogens with zero attached hydrogens (tertiary/aromatic N) is 1. The second kappa shape index (κ2) is 3.86. The van der Waals surface area contributed by atoms with Gasteiger partial charge in [-0.05, 0) is 30.6 Å². The van der Waals surface area contributed by atoms with Crippen LogP contribution in [-0.4, -0.2) is 24.0 Å². The highest BCUT2D eigenvalue weighted by molar-refractivity contribution is 5.38. The van der Waals surface area contributed by atoms with Crippen molar-refractivity contribution < 1.29 is 4.74 Å². The van der Waals surface area contributed by atoms with Crippen LogP contribution in [0.4, 0.5) is 0 Å². The third-order valence-electron chi connectivity index (χ3n) is 4.05. The normalized spacial score (nSPS) is 31.1. The molecule has 0 spiro atoms. The summed E-state index contributed by atoms with van der Waals surface area (Å²) in [5.74, 6) is 0. The first-order chi connectivity index (χ1) is 7.85. The summed E-state index contributed by atoms with van der Waals surface area (Å²) in [6, 6.07) is 9.29. The molecule has 2 bridgehead atoms. The number of benzene rings is 1. The van der Waals surface area contributed by atoms with Crippen molar-refractivity contribution in [2.75, 3.05) is 13.1 Å². The monoisotopic (exact) mass is 217 g/mol. The molecule has 2 aliphatic rings. The van der Waals surface area contributed by atoms with Crippen molar-refractivity contribution in [3.05, 3.63) is 35.4 Å². The second-order valence-corrected chi connectivity index (χ2v) is 4.70. The molecular formula is C14H19NO. The van der Waals surface area contributed by atoms with Crippen LogP contribution in [0.3, 0.4) is 0 Å². The molecule has 0 radical (unpaired) electrons. The van der Waals surface area contributed by atoms with Crippen molar-refractivity contribution in [3.63, 3.8) is 0 Å². The Morgan fingerprint density at radius 2 is 1.88 bits per heavy atom. The first kappa shape index (κ1) is 10.3. The smallest absolute Gasteiger partial charge is 0.0993 e. The van der Waals surface area contributed by atoms with Crippen molar-refractivity contribution >= 4 is 0 Å². The molecule has 0 N–H and O–H groups in total. The second-order valence-electron chi connectivity index (χ2n) is 4.70. The third kappa shape index (κ3) is 1.33. The highest BCUT2D eigenvalue weighted by Gasteiger charge is 2.46. The van der Waals surface area contributed by atoms with Gasteiger partial charge in [0, 0.05) is 6.04 Å². The van der Waals surface area contributed by atoms with Gasteiger partial charge in [0.25, 0.3) is 0 Å². The minimum Gasteiger partial charge on any atom is -0.364 e. The Hall–Kier alpha value is -0.860. The molecule has 0 aliphatic carbocycles. The average molecular weight is 217 g/mol. The largest absolute Gasteiger partial charge is 0.364 e. The van der Waals surface area contributed by atoms with E-state index in [1.54, 1.807) is 0 Å². The number of fused-ring (bicyclic) bond motifs is 5. The number of hydrogen-bond acceptors (Lipinski definition) is 2. The molecule has 3 rings (SSSR count). The van der Waals surface area contributed by atoms with Gasteiger partial charge in [0.05, 0.1) is 12.2 Å². The van der Waals surface area contributed by atoms with E-state index in [0.29, 0.717) is 18.2 Å². The fourth-order valence-corrected chi connectivity index (χ4v) is 3.24. The Labute approximate surface area is 97.2 Å². The Morgan fingerprint density at radius 3 is 2.56 bits per heavy atom. The molecule has 0 amide bonds. The highest BCUT2D eigenvalue weighted by Crippen LogP contribution is 2.51. The zero-order valence-electron chi connectivity index (χ0n) is 10.0. The van der Waals surface area contributed by atoms with Crippen LogP contribution in [0.1, 0.15) is 43.6 Å². The van der Waals surface area contributed by atoms with Gasteiger partial charge < -0.3 is 4.74 Å². The van der Waals surface area contributed by atoms with Gasteiger partial charge in [0.2, 0.25) is 0 Å². The van der Waals surface area contributed by atoms with E-state index in [1.165, 1.54) is 17.5 Å². The predicted octanol–water partition coefficient (Wildman–Crippen LogP) is 2.91. The molecule has 1 saturated heterocycles. The van der Waals surface area contributed by atoms with Crippen LogP contribution in [0, 0.1) is 0 Å². The van der Waals surface area contributed by atoms with Gasteiger partial charge in [-0.25, -0.2) is 0 Å². The molecule has 2 heterocycles. The summed E-state index contributed by atoms with van der Waals surface area (Å²) in [6.07, 6.45) is 1.84. The summed E-state index contributed by atoms with van der Waals surface area (Å²) >= 11 is 0. The van der Waals surface area contributed by atoms with E-state index in [4.69, 9.17) is 4.74 Å². The van der Waals surface area contributed by atoms with Gasteiger partial charge in [-0.3, -0.25) is 4.90 Å². The molecule has 1 fully saturated rings. The molecule has 2 nitrogen and oxygen atoms in total. The van der Waals surface area contributed by atoms with Gasteiger partial charge >= 0.3 is 0 Å². The van der Waals surface area contributed by atoms with Crippen LogP contribution in [0.25, 0.3) is 0 Å². The van der Waals surface area contributed by atoms with Crippen molar-refractivity contribution in [2.45, 2.75) is 38.5 Å². The fourth-order valence-electron chi connectivity index (χ4n) is 3.24. The minimum absolute atomic E-state index is 0.320. The summed E-state index contributed by atoms with van der Waals surface area (Å²) in [6.45, 7) is 6.72. The van der Waals surface area contributed by atoms with Gasteiger partial charge in [-0.1, -0.05) is 38.1 Å². The average Bonchev–Trinajstić information content (AvgIpc) is 2.90. The van der Waals surface area contributed by atoms with Gasteiger partial charge in [-0.15, -0.1) is 0 Å². The molecule has 3 atom stereocenters. The van der Waals surface area contributed by atoms with Gasteiger partial charge in [0.1, 0.15) is 0 Å². The molecule has 86 valence electrons. The van der Waals surface area contributed by atoms with Gasteiger partial charge in [0.15, 0.2) is 0 Å². The highest BCUT2D eigenvalue weighted by atomic mass is 16.5. The molecule has 1 aromatic rings. The molecule has 0 unspecified atom stereocenters. The number of ether oxygens (including phenoxy) is 1. The Morgan fingerprint density at radius 1 is 1.19 bits per heavy atom. The van der Waals surface area contributed by atoms with Crippen LogP contribution < -0.4 is 0 Å². The summed E-state index contributed by atoms with van der Waals surface area (Å²) < 4.78 is 6.10. The number of hydrogen-bond donors (Lipinski definition) is 0. The molecule has 2 aliphatic heterocycles. The van der Waals surface area contributed by atoms with E-state index in [-0.39, 0.29) is 0 Å². The van der Waals surface area contributed by atoms with Crippen LogP contribution in [0.2, 0.25) is 0 Å². The Kier molecular flexibility index (Phi) is 2.49. The SMILES string of the molecule is CCN(CC)[C@H]1C[C@H]2O[C@@H]1c1ccccc12. The standard InChI is InChI=1S/C14H19NO/c1-3-15(4-2)12-9-13-10-7-5-6-8-11(10)14(12)16-13/h5-8,12-14H,3-4,9H2,1-2H3/t12-,13+,14+/m0/s1. The molecule has 2 heteroatoms. The van der Waals surface area contributed by atoms with Gasteiger partial charge in [-0.2, -0.15) is 0 Å². The predicted molar refractivity (Wildman–Crippen MR) is 64.3 cm³/mol. The lowest BCUT2D eigenvalue weighted by molar-refractivity contribution is 0.0454. The van der Waals surface area contributed by atoms with E-state index in [1.807, 2.05) is 0 Å². The Balaban J connectivity index is 1.91. The Bertz CT molecular complexity index is 386. The van der Waals surface area contributed by atoms with Crippen LogP contribution in [0.5, 0.6) is 0 Å². The maximum absolute atomic E-state index is 6.10. The molecule has 0 aromatic heterocycles. The van der Waals surface area contributed by atoms with E-state index in [0.717, 1.165) is 13.1 Å². The van der Waals surface area contributed by atoms with Crippen molar-refractivity contribution in [2.24, 2.45) is 0 Å². The maximum atomic E-state index is 6.10. The molecule has 1 aromatic carbocycles. The fraction of sp³-hybridized carbons (Fsp3) is 0.571. The van der Waals surface area contributed by atoms with Crippen LogP contribution in [0.15, 0.2) is 24.3 Å². The van der Waals surface area contributed by atoms with E-state index in [9.17, 15) is 0 Å². The topological polar surface area (TPSA) is 12.5 Å². The molecule has 0 saturated carbocycles. The zero-order valence-corrected chi connectivity index (χ0v) is 10.0. The maximum Gasteiger partial charge on any atom is 0.0993 e. The first-order valence-electron chi connectivity index (χ1n) is 6.33. The summed E-state index contributed by atoms with van der Waals surface area (Å²) in [5.41, 5.74) is 2.85. The third-order valence-corrected chi connectivity index (χ3v) is 4.05. The van der Waals surface area contributed by atoms with Crippen molar-refractivity contribution in [1.82, 2.24) is 4.90 Å². The van der Waals surface area contributed by atoms with E-state index >= 15 is 0 Å². The van der Waals surface area contributed by atoms with E-state index in [2.05, 4.69) is 43.0 Å². The summed E-state index contributed by atoms with van der Waals surface area (Å²) in [4.78, 5) is 2.53. The summed E-state index contributed by atoms with van der Waals surface area (Å²) in [5, 5.41) is 0. The molecular weight excluding hydrogens is 198 g/mol. The number of rotatable bonds is 3. The van der Waals surface area contributed by atoms with Crippen molar-refractivity contribution in [3.8, 4) is 0 Å². The lowest BCUT2D eigenvalue weighted by Gasteiger charge is -2.31. The summed E-state index contributed by atoms with van der Waals surface area (Å²) in [7, 11) is 0. The zero-order chi connectivity index (χ0) is 11.1. The van der Waals surface area contributed by atoms with Crippen molar-refractivity contribution in [1.29, 1.82) is 0 Å². The first-order valence-corrected chi connectivity index (χ1v) is 6.33. The van der Waals surface area contributed by atoms with Crippen LogP contribution >= 0.6 is 0 Å².